The lowest BCUT2D eigenvalue weighted by Gasteiger charge is -2.18. The van der Waals surface area contributed by atoms with Gasteiger partial charge in [0.1, 0.15) is 5.00 Å². The molecule has 0 saturated heterocycles. The van der Waals surface area contributed by atoms with Crippen molar-refractivity contribution < 1.29 is 19.5 Å². The van der Waals surface area contributed by atoms with E-state index in [-0.39, 0.29) is 31.1 Å². The van der Waals surface area contributed by atoms with Crippen LogP contribution in [0.1, 0.15) is 59.0 Å². The van der Waals surface area contributed by atoms with Crippen LogP contribution in [-0.2, 0) is 29.0 Å². The highest BCUT2D eigenvalue weighted by Crippen LogP contribution is 2.39. The van der Waals surface area contributed by atoms with Crippen LogP contribution in [0, 0.1) is 5.92 Å². The minimum absolute atomic E-state index is 0.0453. The van der Waals surface area contributed by atoms with Gasteiger partial charge in [-0.15, -0.1) is 11.3 Å². The quantitative estimate of drug-likeness (QED) is 0.608. The predicted molar refractivity (Wildman–Crippen MR) is 113 cm³/mol. The monoisotopic (exact) mass is 414 g/mol. The lowest BCUT2D eigenvalue weighted by Crippen LogP contribution is -2.25. The van der Waals surface area contributed by atoms with E-state index in [2.05, 4.69) is 17.6 Å². The second-order valence-corrected chi connectivity index (χ2v) is 8.62. The molecular formula is C22H26N2O4S. The topological polar surface area (TPSA) is 95.5 Å². The number of aliphatic carboxylic acids is 1. The first kappa shape index (κ1) is 21.0. The smallest absolute Gasteiger partial charge is 0.303 e. The fraction of sp³-hybridized carbons (Fsp3) is 0.409. The molecule has 29 heavy (non-hydrogen) atoms. The normalized spacial score (nSPS) is 15.4. The molecule has 1 aromatic heterocycles. The van der Waals surface area contributed by atoms with E-state index in [1.165, 1.54) is 11.3 Å². The van der Waals surface area contributed by atoms with Gasteiger partial charge in [0.05, 0.1) is 5.56 Å². The molecular weight excluding hydrogens is 388 g/mol. The number of nitrogens with one attached hydrogen (secondary N) is 2. The van der Waals surface area contributed by atoms with E-state index >= 15 is 0 Å². The summed E-state index contributed by atoms with van der Waals surface area (Å²) in [5, 5.41) is 15.2. The number of thiophene rings is 1. The third-order valence-corrected chi connectivity index (χ3v) is 6.25. The van der Waals surface area contributed by atoms with Crippen molar-refractivity contribution in [3.05, 3.63) is 51.9 Å². The van der Waals surface area contributed by atoms with Crippen molar-refractivity contribution in [2.75, 3.05) is 5.32 Å². The number of carboxylic acids is 1. The van der Waals surface area contributed by atoms with E-state index in [1.54, 1.807) is 0 Å². The third kappa shape index (κ3) is 5.67. The standard InChI is InChI=1S/C22H26N2O4S/c1-14-10-11-16-17(12-14)29-22(24-18(25)8-5-9-19(26)27)20(16)21(28)23-13-15-6-3-2-4-7-15/h2-4,6-7,14H,5,8-13H2,1H3,(H,23,28)(H,24,25)(H,26,27)/t14-/m1/s1. The van der Waals surface area contributed by atoms with Crippen LogP contribution in [0.4, 0.5) is 5.00 Å². The van der Waals surface area contributed by atoms with Gasteiger partial charge in [0, 0.05) is 24.3 Å². The summed E-state index contributed by atoms with van der Waals surface area (Å²) in [7, 11) is 0. The Balaban J connectivity index is 1.75. The molecule has 0 bridgehead atoms. The number of rotatable bonds is 8. The summed E-state index contributed by atoms with van der Waals surface area (Å²) in [6.45, 7) is 2.62. The van der Waals surface area contributed by atoms with Gasteiger partial charge in [0.15, 0.2) is 0 Å². The zero-order valence-electron chi connectivity index (χ0n) is 16.5. The highest BCUT2D eigenvalue weighted by molar-refractivity contribution is 7.17. The van der Waals surface area contributed by atoms with E-state index in [4.69, 9.17) is 5.11 Å². The summed E-state index contributed by atoms with van der Waals surface area (Å²) in [6.07, 6.45) is 3.12. The largest absolute Gasteiger partial charge is 0.481 e. The van der Waals surface area contributed by atoms with Gasteiger partial charge in [-0.1, -0.05) is 37.3 Å². The number of fused-ring (bicyclic) bond motifs is 1. The van der Waals surface area contributed by atoms with Crippen molar-refractivity contribution >= 4 is 34.1 Å². The molecule has 1 aromatic carbocycles. The molecule has 154 valence electrons. The average Bonchev–Trinajstić information content (AvgIpc) is 3.03. The molecule has 2 amide bonds. The number of anilines is 1. The molecule has 1 aliphatic carbocycles. The van der Waals surface area contributed by atoms with Gasteiger partial charge in [-0.05, 0) is 42.7 Å². The molecule has 7 heteroatoms. The van der Waals surface area contributed by atoms with E-state index in [0.29, 0.717) is 23.0 Å². The number of amides is 2. The predicted octanol–water partition coefficient (Wildman–Crippen LogP) is 4.00. The van der Waals surface area contributed by atoms with Crippen LogP contribution in [0.2, 0.25) is 0 Å². The number of carbonyl (C=O) groups is 3. The molecule has 3 N–H and O–H groups in total. The van der Waals surface area contributed by atoms with E-state index in [0.717, 1.165) is 35.3 Å². The molecule has 3 rings (SSSR count). The maximum absolute atomic E-state index is 13.0. The fourth-order valence-corrected chi connectivity index (χ4v) is 4.96. The van der Waals surface area contributed by atoms with Crippen LogP contribution < -0.4 is 10.6 Å². The molecule has 1 atom stereocenters. The van der Waals surface area contributed by atoms with E-state index < -0.39 is 5.97 Å². The lowest BCUT2D eigenvalue weighted by molar-refractivity contribution is -0.137. The second-order valence-electron chi connectivity index (χ2n) is 7.52. The van der Waals surface area contributed by atoms with Gasteiger partial charge >= 0.3 is 5.97 Å². The number of carboxylic acid groups (broad SMARTS) is 1. The SMILES string of the molecule is C[C@@H]1CCc2c(sc(NC(=O)CCCC(=O)O)c2C(=O)NCc2ccccc2)C1. The zero-order valence-corrected chi connectivity index (χ0v) is 17.3. The van der Waals surface area contributed by atoms with Crippen molar-refractivity contribution in [2.24, 2.45) is 5.92 Å². The summed E-state index contributed by atoms with van der Waals surface area (Å²) in [5.41, 5.74) is 2.62. The minimum Gasteiger partial charge on any atom is -0.481 e. The van der Waals surface area contributed by atoms with Crippen molar-refractivity contribution in [3.63, 3.8) is 0 Å². The first-order valence-electron chi connectivity index (χ1n) is 9.92. The highest BCUT2D eigenvalue weighted by Gasteiger charge is 2.28. The van der Waals surface area contributed by atoms with Crippen LogP contribution in [0.15, 0.2) is 30.3 Å². The lowest BCUT2D eigenvalue weighted by atomic mass is 9.88. The Labute approximate surface area is 174 Å². The highest BCUT2D eigenvalue weighted by atomic mass is 32.1. The molecule has 0 unspecified atom stereocenters. The Bertz CT molecular complexity index is 892. The molecule has 6 nitrogen and oxygen atoms in total. The van der Waals surface area contributed by atoms with Gasteiger partial charge in [-0.2, -0.15) is 0 Å². The fourth-order valence-electron chi connectivity index (χ4n) is 3.53. The number of benzene rings is 1. The first-order chi connectivity index (χ1) is 13.9. The first-order valence-corrected chi connectivity index (χ1v) is 10.7. The van der Waals surface area contributed by atoms with Crippen LogP contribution in [-0.4, -0.2) is 22.9 Å². The Morgan fingerprint density at radius 3 is 2.66 bits per heavy atom. The molecule has 0 fully saturated rings. The van der Waals surface area contributed by atoms with Crippen molar-refractivity contribution in [1.29, 1.82) is 0 Å². The molecule has 1 heterocycles. The summed E-state index contributed by atoms with van der Waals surface area (Å²) < 4.78 is 0. The Hall–Kier alpha value is -2.67. The molecule has 0 radical (unpaired) electrons. The maximum Gasteiger partial charge on any atom is 0.303 e. The number of hydrogen-bond donors (Lipinski definition) is 3. The van der Waals surface area contributed by atoms with E-state index in [9.17, 15) is 14.4 Å². The van der Waals surface area contributed by atoms with E-state index in [1.807, 2.05) is 30.3 Å². The molecule has 2 aromatic rings. The van der Waals surface area contributed by atoms with Crippen LogP contribution in [0.25, 0.3) is 0 Å². The molecule has 0 aliphatic heterocycles. The summed E-state index contributed by atoms with van der Waals surface area (Å²) >= 11 is 1.47. The average molecular weight is 415 g/mol. The summed E-state index contributed by atoms with van der Waals surface area (Å²) in [4.78, 5) is 37.1. The van der Waals surface area contributed by atoms with Gasteiger partial charge in [0.25, 0.3) is 5.91 Å². The van der Waals surface area contributed by atoms with Gasteiger partial charge < -0.3 is 15.7 Å². The minimum atomic E-state index is -0.917. The van der Waals surface area contributed by atoms with Crippen molar-refractivity contribution in [2.45, 2.75) is 52.0 Å². The van der Waals surface area contributed by atoms with Gasteiger partial charge in [0.2, 0.25) is 5.91 Å². The van der Waals surface area contributed by atoms with Crippen LogP contribution in [0.5, 0.6) is 0 Å². The van der Waals surface area contributed by atoms with Crippen molar-refractivity contribution in [1.82, 2.24) is 5.32 Å². The Kier molecular flexibility index (Phi) is 7.04. The Morgan fingerprint density at radius 1 is 1.17 bits per heavy atom. The van der Waals surface area contributed by atoms with Crippen LogP contribution >= 0.6 is 11.3 Å². The molecule has 0 saturated carbocycles. The second kappa shape index (κ2) is 9.69. The molecule has 0 spiro atoms. The Morgan fingerprint density at radius 2 is 1.93 bits per heavy atom. The zero-order chi connectivity index (χ0) is 20.8. The number of carbonyl (C=O) groups excluding carboxylic acids is 2. The summed E-state index contributed by atoms with van der Waals surface area (Å²) in [6, 6.07) is 9.70. The summed E-state index contributed by atoms with van der Waals surface area (Å²) in [5.74, 6) is -0.795. The van der Waals surface area contributed by atoms with Gasteiger partial charge in [-0.25, -0.2) is 0 Å². The molecule has 1 aliphatic rings. The van der Waals surface area contributed by atoms with Crippen molar-refractivity contribution in [3.8, 4) is 0 Å². The van der Waals surface area contributed by atoms with Gasteiger partial charge in [-0.3, -0.25) is 14.4 Å². The third-order valence-electron chi connectivity index (χ3n) is 5.08. The van der Waals surface area contributed by atoms with Crippen LogP contribution in [0.3, 0.4) is 0 Å². The number of hydrogen-bond acceptors (Lipinski definition) is 4. The maximum atomic E-state index is 13.0.